The van der Waals surface area contributed by atoms with Gasteiger partial charge in [-0.3, -0.25) is 9.78 Å². The summed E-state index contributed by atoms with van der Waals surface area (Å²) in [6.07, 6.45) is 9.01. The van der Waals surface area contributed by atoms with Crippen molar-refractivity contribution in [2.24, 2.45) is 5.41 Å². The highest BCUT2D eigenvalue weighted by Gasteiger charge is 2.57. The fourth-order valence-electron chi connectivity index (χ4n) is 4.23. The van der Waals surface area contributed by atoms with Crippen LogP contribution in [0, 0.1) is 5.41 Å². The van der Waals surface area contributed by atoms with Crippen LogP contribution in [-0.4, -0.2) is 39.8 Å². The van der Waals surface area contributed by atoms with Crippen LogP contribution in [0.2, 0.25) is 0 Å². The zero-order chi connectivity index (χ0) is 17.3. The molecule has 2 aliphatic carbocycles. The number of amides is 1. The Labute approximate surface area is 146 Å². The van der Waals surface area contributed by atoms with Gasteiger partial charge in [-0.15, -0.1) is 0 Å². The van der Waals surface area contributed by atoms with Crippen molar-refractivity contribution in [3.63, 3.8) is 0 Å². The fraction of sp³-hybridized carbons (Fsp3) is 0.556. The van der Waals surface area contributed by atoms with Crippen molar-refractivity contribution in [2.75, 3.05) is 6.61 Å². The molecule has 0 aliphatic heterocycles. The minimum atomic E-state index is -0.287. The highest BCUT2D eigenvalue weighted by Crippen LogP contribution is 2.54. The quantitative estimate of drug-likeness (QED) is 0.898. The summed E-state index contributed by atoms with van der Waals surface area (Å²) >= 11 is 0. The van der Waals surface area contributed by atoms with Crippen molar-refractivity contribution in [1.29, 1.82) is 0 Å². The molecular formula is C18H22N4O3. The summed E-state index contributed by atoms with van der Waals surface area (Å²) in [5.74, 6) is 0.0756. The first kappa shape index (κ1) is 16.2. The van der Waals surface area contributed by atoms with E-state index in [1.165, 1.54) is 12.8 Å². The van der Waals surface area contributed by atoms with Gasteiger partial charge in [0, 0.05) is 30.5 Å². The van der Waals surface area contributed by atoms with Crippen molar-refractivity contribution in [3.8, 4) is 11.5 Å². The third-order valence-electron chi connectivity index (χ3n) is 5.53. The maximum absolute atomic E-state index is 12.5. The van der Waals surface area contributed by atoms with Gasteiger partial charge in [0.25, 0.3) is 17.6 Å². The van der Waals surface area contributed by atoms with Crippen molar-refractivity contribution in [2.45, 2.75) is 51.2 Å². The average Bonchev–Trinajstić information content (AvgIpc) is 3.32. The minimum absolute atomic E-state index is 0.0619. The maximum Gasteiger partial charge on any atom is 0.292 e. The highest BCUT2D eigenvalue weighted by atomic mass is 16.5. The maximum atomic E-state index is 12.5. The second-order valence-corrected chi connectivity index (χ2v) is 6.81. The molecule has 0 radical (unpaired) electrons. The van der Waals surface area contributed by atoms with Gasteiger partial charge in [-0.2, -0.15) is 4.98 Å². The van der Waals surface area contributed by atoms with Gasteiger partial charge in [-0.05, 0) is 38.3 Å². The van der Waals surface area contributed by atoms with E-state index < -0.39 is 0 Å². The Morgan fingerprint density at radius 2 is 2.28 bits per heavy atom. The van der Waals surface area contributed by atoms with Crippen LogP contribution in [0.4, 0.5) is 0 Å². The summed E-state index contributed by atoms with van der Waals surface area (Å²) in [6.45, 7) is 2.74. The molecule has 0 unspecified atom stereocenters. The molecule has 7 heteroatoms. The molecule has 4 rings (SSSR count). The number of nitrogens with one attached hydrogen (secondary N) is 1. The number of carbonyl (C=O) groups excluding carboxylic acids is 1. The normalized spacial score (nSPS) is 24.2. The Hall–Kier alpha value is -2.28. The van der Waals surface area contributed by atoms with Gasteiger partial charge in [0.1, 0.15) is 0 Å². The lowest BCUT2D eigenvalue weighted by Gasteiger charge is -2.53. The summed E-state index contributed by atoms with van der Waals surface area (Å²) in [5, 5.41) is 6.92. The van der Waals surface area contributed by atoms with Gasteiger partial charge in [0.15, 0.2) is 0 Å². The molecule has 2 aromatic rings. The second kappa shape index (κ2) is 6.55. The van der Waals surface area contributed by atoms with E-state index in [-0.39, 0.29) is 29.3 Å². The monoisotopic (exact) mass is 342 g/mol. The van der Waals surface area contributed by atoms with Crippen LogP contribution >= 0.6 is 0 Å². The molecular weight excluding hydrogens is 320 g/mol. The van der Waals surface area contributed by atoms with E-state index in [9.17, 15) is 4.79 Å². The number of hydrogen-bond donors (Lipinski definition) is 1. The van der Waals surface area contributed by atoms with E-state index >= 15 is 0 Å². The van der Waals surface area contributed by atoms with Gasteiger partial charge in [0.2, 0.25) is 0 Å². The summed E-state index contributed by atoms with van der Waals surface area (Å²) in [6, 6.07) is 3.72. The average molecular weight is 342 g/mol. The number of carbonyl (C=O) groups is 1. The minimum Gasteiger partial charge on any atom is -0.378 e. The van der Waals surface area contributed by atoms with Crippen molar-refractivity contribution in [3.05, 3.63) is 30.4 Å². The van der Waals surface area contributed by atoms with Gasteiger partial charge >= 0.3 is 0 Å². The number of aromatic nitrogens is 3. The molecule has 7 nitrogen and oxygen atoms in total. The number of hydrogen-bond acceptors (Lipinski definition) is 6. The van der Waals surface area contributed by atoms with Crippen molar-refractivity contribution >= 4 is 5.91 Å². The van der Waals surface area contributed by atoms with Gasteiger partial charge in [-0.1, -0.05) is 18.0 Å². The summed E-state index contributed by atoms with van der Waals surface area (Å²) < 4.78 is 11.1. The lowest BCUT2D eigenvalue weighted by molar-refractivity contribution is -0.127. The molecule has 1 spiro atoms. The smallest absolute Gasteiger partial charge is 0.292 e. The summed E-state index contributed by atoms with van der Waals surface area (Å²) in [4.78, 5) is 20.8. The van der Waals surface area contributed by atoms with Crippen molar-refractivity contribution in [1.82, 2.24) is 20.4 Å². The van der Waals surface area contributed by atoms with Crippen LogP contribution in [0.5, 0.6) is 0 Å². The first-order valence-electron chi connectivity index (χ1n) is 8.89. The zero-order valence-electron chi connectivity index (χ0n) is 14.3. The Balaban J connectivity index is 1.45. The first-order chi connectivity index (χ1) is 12.2. The first-order valence-corrected chi connectivity index (χ1v) is 8.89. The topological polar surface area (TPSA) is 90.1 Å². The van der Waals surface area contributed by atoms with E-state index in [4.69, 9.17) is 9.26 Å². The van der Waals surface area contributed by atoms with Gasteiger partial charge in [-0.25, -0.2) is 0 Å². The van der Waals surface area contributed by atoms with E-state index in [1.54, 1.807) is 18.5 Å². The number of nitrogens with zero attached hydrogens (tertiary/aromatic N) is 3. The molecule has 2 aromatic heterocycles. The molecule has 1 N–H and O–H groups in total. The SMILES string of the molecule is CCO[C@H]1C[C@@H](NC(=O)c2noc(-c3cccnc3)n2)C12CCCC2. The molecule has 132 valence electrons. The van der Waals surface area contributed by atoms with Gasteiger partial charge < -0.3 is 14.6 Å². The van der Waals surface area contributed by atoms with E-state index in [2.05, 4.69) is 20.4 Å². The van der Waals surface area contributed by atoms with E-state index in [0.29, 0.717) is 18.1 Å². The standard InChI is InChI=1S/C18H22N4O3/c1-2-24-14-10-13(18(14)7-3-4-8-18)20-16(23)15-21-17(25-22-15)12-6-5-9-19-11-12/h5-6,9,11,13-14H,2-4,7-8,10H2,1H3,(H,20,23)/t13-,14+/m1/s1. The second-order valence-electron chi connectivity index (χ2n) is 6.81. The fourth-order valence-corrected chi connectivity index (χ4v) is 4.23. The predicted octanol–water partition coefficient (Wildman–Crippen LogP) is 2.60. The van der Waals surface area contributed by atoms with Crippen LogP contribution in [-0.2, 0) is 4.74 Å². The third kappa shape index (κ3) is 2.82. The molecule has 0 bridgehead atoms. The van der Waals surface area contributed by atoms with Crippen LogP contribution in [0.15, 0.2) is 29.0 Å². The number of rotatable bonds is 5. The van der Waals surface area contributed by atoms with E-state index in [0.717, 1.165) is 19.3 Å². The van der Waals surface area contributed by atoms with Gasteiger partial charge in [0.05, 0.1) is 11.7 Å². The highest BCUT2D eigenvalue weighted by molar-refractivity contribution is 5.91. The number of pyridine rings is 1. The Morgan fingerprint density at radius 1 is 1.44 bits per heavy atom. The third-order valence-corrected chi connectivity index (χ3v) is 5.53. The Kier molecular flexibility index (Phi) is 4.25. The molecule has 2 saturated carbocycles. The van der Waals surface area contributed by atoms with Crippen LogP contribution in [0.25, 0.3) is 11.5 Å². The molecule has 2 heterocycles. The lowest BCUT2D eigenvalue weighted by atomic mass is 9.60. The molecule has 0 saturated heterocycles. The zero-order valence-corrected chi connectivity index (χ0v) is 14.3. The summed E-state index contributed by atoms with van der Waals surface area (Å²) in [5.41, 5.74) is 0.781. The molecule has 2 fully saturated rings. The number of ether oxygens (including phenoxy) is 1. The van der Waals surface area contributed by atoms with Crippen LogP contribution in [0.1, 0.15) is 49.6 Å². The van der Waals surface area contributed by atoms with Crippen LogP contribution in [0.3, 0.4) is 0 Å². The molecule has 25 heavy (non-hydrogen) atoms. The Morgan fingerprint density at radius 3 is 3.00 bits per heavy atom. The molecule has 1 amide bonds. The lowest BCUT2D eigenvalue weighted by Crippen LogP contribution is -2.63. The molecule has 2 aliphatic rings. The van der Waals surface area contributed by atoms with Crippen LogP contribution < -0.4 is 5.32 Å². The summed E-state index contributed by atoms with van der Waals surface area (Å²) in [7, 11) is 0. The molecule has 2 atom stereocenters. The largest absolute Gasteiger partial charge is 0.378 e. The molecule has 0 aromatic carbocycles. The predicted molar refractivity (Wildman–Crippen MR) is 89.7 cm³/mol. The van der Waals surface area contributed by atoms with E-state index in [1.807, 2.05) is 13.0 Å². The Bertz CT molecular complexity index is 740. The van der Waals surface area contributed by atoms with Crippen molar-refractivity contribution < 1.29 is 14.1 Å².